The van der Waals surface area contributed by atoms with E-state index in [-0.39, 0.29) is 11.3 Å². The minimum absolute atomic E-state index is 0.285. The van der Waals surface area contributed by atoms with E-state index in [1.54, 1.807) is 7.11 Å². The van der Waals surface area contributed by atoms with Crippen LogP contribution in [0.1, 0.15) is 25.3 Å². The summed E-state index contributed by atoms with van der Waals surface area (Å²) < 4.78 is 5.49. The number of para-hydroxylation sites is 1. The largest absolute Gasteiger partial charge is 0.496 e. The highest BCUT2D eigenvalue weighted by Crippen LogP contribution is 2.53. The molecule has 0 spiro atoms. The van der Waals surface area contributed by atoms with Gasteiger partial charge >= 0.3 is 0 Å². The quantitative estimate of drug-likeness (QED) is 0.854. The van der Waals surface area contributed by atoms with Gasteiger partial charge in [-0.25, -0.2) is 0 Å². The van der Waals surface area contributed by atoms with Crippen LogP contribution < -0.4 is 4.74 Å². The normalized spacial score (nSPS) is 26.3. The van der Waals surface area contributed by atoms with Crippen molar-refractivity contribution in [2.75, 3.05) is 34.3 Å². The molecule has 0 N–H and O–H groups in total. The predicted molar refractivity (Wildman–Crippen MR) is 87.1 cm³/mol. The highest BCUT2D eigenvalue weighted by Gasteiger charge is 2.55. The second kappa shape index (κ2) is 5.58. The van der Waals surface area contributed by atoms with Crippen molar-refractivity contribution in [1.29, 1.82) is 0 Å². The number of hydrogen-bond acceptors (Lipinski definition) is 3. The molecular weight excluding hydrogens is 276 g/mol. The summed E-state index contributed by atoms with van der Waals surface area (Å²) in [4.78, 5) is 17.5. The zero-order valence-corrected chi connectivity index (χ0v) is 14.0. The van der Waals surface area contributed by atoms with Gasteiger partial charge in [0.2, 0.25) is 5.91 Å². The summed E-state index contributed by atoms with van der Waals surface area (Å²) in [6, 6.07) is 8.42. The smallest absolute Gasteiger partial charge is 0.233 e. The number of likely N-dealkylation sites (N-methyl/N-ethyl adjacent to an activating group) is 1. The molecule has 3 rings (SSSR count). The summed E-state index contributed by atoms with van der Waals surface area (Å²) in [6.45, 7) is 3.93. The molecule has 1 aromatic carbocycles. The van der Waals surface area contributed by atoms with Crippen molar-refractivity contribution < 1.29 is 9.53 Å². The second-order valence-electron chi connectivity index (χ2n) is 7.00. The molecule has 1 saturated heterocycles. The Bertz CT molecular complexity index is 566. The van der Waals surface area contributed by atoms with Crippen LogP contribution in [0.3, 0.4) is 0 Å². The number of carbonyl (C=O) groups excluding carboxylic acids is 1. The maximum absolute atomic E-state index is 13.2. The van der Waals surface area contributed by atoms with E-state index in [1.165, 1.54) is 0 Å². The fraction of sp³-hybridized carbons (Fsp3) is 0.611. The third kappa shape index (κ3) is 2.39. The Morgan fingerprint density at radius 2 is 1.95 bits per heavy atom. The molecule has 22 heavy (non-hydrogen) atoms. The number of hydrogen-bond donors (Lipinski definition) is 0. The molecule has 2 atom stereocenters. The van der Waals surface area contributed by atoms with Crippen LogP contribution in [0, 0.1) is 5.92 Å². The standard InChI is InChI=1S/C18H26N2O2/c1-13-11-20(12-15(13)19(2)3)17(21)18(9-10-18)14-7-5-6-8-16(14)22-4/h5-8,13,15H,9-12H2,1-4H3/t13-,15-/m1/s1. The van der Waals surface area contributed by atoms with Crippen molar-refractivity contribution in [1.82, 2.24) is 9.80 Å². The number of nitrogens with zero attached hydrogens (tertiary/aromatic N) is 2. The van der Waals surface area contributed by atoms with Crippen molar-refractivity contribution >= 4 is 5.91 Å². The zero-order chi connectivity index (χ0) is 15.9. The highest BCUT2D eigenvalue weighted by molar-refractivity contribution is 5.92. The maximum Gasteiger partial charge on any atom is 0.233 e. The first-order valence-corrected chi connectivity index (χ1v) is 8.09. The topological polar surface area (TPSA) is 32.8 Å². The summed E-state index contributed by atoms with van der Waals surface area (Å²) in [7, 11) is 5.88. The zero-order valence-electron chi connectivity index (χ0n) is 14.0. The first-order valence-electron chi connectivity index (χ1n) is 8.09. The molecule has 1 heterocycles. The van der Waals surface area contributed by atoms with Crippen molar-refractivity contribution in [3.8, 4) is 5.75 Å². The third-order valence-electron chi connectivity index (χ3n) is 5.31. The lowest BCUT2D eigenvalue weighted by Crippen LogP contribution is -2.40. The van der Waals surface area contributed by atoms with E-state index in [0.29, 0.717) is 12.0 Å². The molecule has 1 aliphatic carbocycles. The van der Waals surface area contributed by atoms with Crippen LogP contribution in [0.5, 0.6) is 5.75 Å². The number of carbonyl (C=O) groups is 1. The summed E-state index contributed by atoms with van der Waals surface area (Å²) in [5.41, 5.74) is 0.719. The molecule has 1 amide bonds. The highest BCUT2D eigenvalue weighted by atomic mass is 16.5. The van der Waals surface area contributed by atoms with Gasteiger partial charge in [-0.3, -0.25) is 4.79 Å². The average Bonchev–Trinajstić information content (AvgIpc) is 3.23. The first kappa shape index (κ1) is 15.3. The van der Waals surface area contributed by atoms with Crippen molar-refractivity contribution in [2.24, 2.45) is 5.92 Å². The first-order chi connectivity index (χ1) is 10.5. The van der Waals surface area contributed by atoms with Gasteiger partial charge in [0.1, 0.15) is 5.75 Å². The second-order valence-corrected chi connectivity index (χ2v) is 7.00. The lowest BCUT2D eigenvalue weighted by molar-refractivity contribution is -0.133. The van der Waals surface area contributed by atoms with Crippen molar-refractivity contribution in [3.05, 3.63) is 29.8 Å². The number of ether oxygens (including phenoxy) is 1. The van der Waals surface area contributed by atoms with Crippen LogP contribution in [-0.4, -0.2) is 56.0 Å². The molecule has 0 bridgehead atoms. The van der Waals surface area contributed by atoms with Crippen LogP contribution in [0.4, 0.5) is 0 Å². The Labute approximate surface area is 133 Å². The molecule has 0 unspecified atom stereocenters. The Hall–Kier alpha value is -1.55. The fourth-order valence-corrected chi connectivity index (χ4v) is 3.85. The van der Waals surface area contributed by atoms with Crippen LogP contribution in [0.15, 0.2) is 24.3 Å². The molecule has 2 fully saturated rings. The Morgan fingerprint density at radius 1 is 1.27 bits per heavy atom. The van der Waals surface area contributed by atoms with E-state index in [1.807, 2.05) is 24.3 Å². The Balaban J connectivity index is 1.83. The minimum atomic E-state index is -0.340. The van der Waals surface area contributed by atoms with Gasteiger partial charge < -0.3 is 14.5 Å². The van der Waals surface area contributed by atoms with E-state index < -0.39 is 0 Å². The molecule has 1 aromatic rings. The molecule has 2 aliphatic rings. The lowest BCUT2D eigenvalue weighted by atomic mass is 9.93. The van der Waals surface area contributed by atoms with Gasteiger partial charge in [0.25, 0.3) is 0 Å². The van der Waals surface area contributed by atoms with Crippen molar-refractivity contribution in [2.45, 2.75) is 31.2 Å². The number of methoxy groups -OCH3 is 1. The number of amides is 1. The van der Waals surface area contributed by atoms with Gasteiger partial charge in [-0.1, -0.05) is 25.1 Å². The summed E-state index contributed by atoms with van der Waals surface area (Å²) in [5.74, 6) is 1.64. The van der Waals surface area contributed by atoms with E-state index in [2.05, 4.69) is 30.8 Å². The van der Waals surface area contributed by atoms with E-state index in [9.17, 15) is 4.79 Å². The fourth-order valence-electron chi connectivity index (χ4n) is 3.85. The van der Waals surface area contributed by atoms with Crippen LogP contribution in [0.25, 0.3) is 0 Å². The predicted octanol–water partition coefficient (Wildman–Crippen LogP) is 2.14. The number of benzene rings is 1. The van der Waals surface area contributed by atoms with Crippen LogP contribution in [-0.2, 0) is 10.2 Å². The lowest BCUT2D eigenvalue weighted by Gasteiger charge is -2.26. The van der Waals surface area contributed by atoms with Gasteiger partial charge in [-0.2, -0.15) is 0 Å². The number of rotatable bonds is 4. The average molecular weight is 302 g/mol. The van der Waals surface area contributed by atoms with Gasteiger partial charge in [-0.15, -0.1) is 0 Å². The van der Waals surface area contributed by atoms with Crippen LogP contribution >= 0.6 is 0 Å². The maximum atomic E-state index is 13.2. The third-order valence-corrected chi connectivity index (χ3v) is 5.31. The van der Waals surface area contributed by atoms with Gasteiger partial charge in [0.05, 0.1) is 12.5 Å². The minimum Gasteiger partial charge on any atom is -0.496 e. The van der Waals surface area contributed by atoms with Gasteiger partial charge in [-0.05, 0) is 38.9 Å². The molecule has 1 saturated carbocycles. The van der Waals surface area contributed by atoms with E-state index >= 15 is 0 Å². The molecule has 1 aliphatic heterocycles. The summed E-state index contributed by atoms with van der Waals surface area (Å²) in [5, 5.41) is 0. The Kier molecular flexibility index (Phi) is 3.89. The van der Waals surface area contributed by atoms with E-state index in [0.717, 1.165) is 37.2 Å². The molecule has 0 aromatic heterocycles. The molecular formula is C18H26N2O2. The molecule has 120 valence electrons. The summed E-state index contributed by atoms with van der Waals surface area (Å²) in [6.07, 6.45) is 1.87. The van der Waals surface area contributed by atoms with Crippen LogP contribution in [0.2, 0.25) is 0 Å². The van der Waals surface area contributed by atoms with Gasteiger partial charge in [0, 0.05) is 24.7 Å². The van der Waals surface area contributed by atoms with Gasteiger partial charge in [0.15, 0.2) is 0 Å². The number of likely N-dealkylation sites (tertiary alicyclic amines) is 1. The molecule has 4 nitrogen and oxygen atoms in total. The molecule has 4 heteroatoms. The summed E-state index contributed by atoms with van der Waals surface area (Å²) >= 11 is 0. The Morgan fingerprint density at radius 3 is 2.50 bits per heavy atom. The van der Waals surface area contributed by atoms with Crippen molar-refractivity contribution in [3.63, 3.8) is 0 Å². The van der Waals surface area contributed by atoms with E-state index in [4.69, 9.17) is 4.74 Å². The monoisotopic (exact) mass is 302 g/mol. The molecule has 0 radical (unpaired) electrons. The SMILES string of the molecule is COc1ccccc1C1(C(=O)N2C[C@@H](C)[C@H](N(C)C)C2)CC1.